The molecule has 2 heterocycles. The van der Waals surface area contributed by atoms with Gasteiger partial charge in [-0.25, -0.2) is 0 Å². The minimum absolute atomic E-state index is 0. The Kier molecular flexibility index (Phi) is 12.4. The number of rotatable bonds is 3. The van der Waals surface area contributed by atoms with Gasteiger partial charge in [-0.2, -0.15) is 54.0 Å². The van der Waals surface area contributed by atoms with Crippen molar-refractivity contribution >= 4 is 54.0 Å². The maximum absolute atomic E-state index is 12.2. The van der Waals surface area contributed by atoms with Crippen LogP contribution in [0, 0.1) is 29.1 Å². The van der Waals surface area contributed by atoms with Gasteiger partial charge in [0.25, 0.3) is 0 Å². The largest absolute Gasteiger partial charge is 0.465 e. The number of aliphatic hydroxyl groups is 2. The van der Waals surface area contributed by atoms with Crippen molar-refractivity contribution in [3.05, 3.63) is 41.0 Å². The number of benzene rings is 1. The molecule has 44 heavy (non-hydrogen) atoms. The Morgan fingerprint density at radius 3 is 2.27 bits per heavy atom. The highest BCUT2D eigenvalue weighted by Gasteiger charge is 2.64. The first-order valence-corrected chi connectivity index (χ1v) is 15.6. The van der Waals surface area contributed by atoms with Gasteiger partial charge < -0.3 is 29.2 Å². The number of fused-ring (bicyclic) bond motifs is 4. The molecule has 6 aliphatic rings. The topological polar surface area (TPSA) is 77.4 Å². The summed E-state index contributed by atoms with van der Waals surface area (Å²) in [5, 5.41) is 24.2. The summed E-state index contributed by atoms with van der Waals surface area (Å²) in [6.45, 7) is 6.07. The predicted molar refractivity (Wildman–Crippen MR) is 192 cm³/mol. The smallest absolute Gasteiger partial charge is 0.199 e. The molecule has 7 rings (SSSR count). The zero-order valence-corrected chi connectivity index (χ0v) is 30.0. The lowest BCUT2D eigenvalue weighted by molar-refractivity contribution is -0.208. The fourth-order valence-corrected chi connectivity index (χ4v) is 9.46. The Labute approximate surface area is 291 Å². The molecule has 0 radical (unpaired) electrons. The van der Waals surface area contributed by atoms with E-state index < -0.39 is 17.0 Å². The molecule has 4 aliphatic carbocycles. The van der Waals surface area contributed by atoms with Crippen LogP contribution in [0.3, 0.4) is 0 Å². The Hall–Kier alpha value is -0.480. The van der Waals surface area contributed by atoms with E-state index in [1.165, 1.54) is 16.7 Å². The van der Waals surface area contributed by atoms with E-state index in [0.29, 0.717) is 37.9 Å². The second-order valence-electron chi connectivity index (χ2n) is 13.4. The van der Waals surface area contributed by atoms with Gasteiger partial charge >= 0.3 is 0 Å². The highest BCUT2D eigenvalue weighted by molar-refractivity contribution is 7.59. The molecule has 0 aromatic heterocycles. The van der Waals surface area contributed by atoms with Gasteiger partial charge in [0.2, 0.25) is 0 Å². The quantitative estimate of drug-likeness (QED) is 0.298. The maximum Gasteiger partial charge on any atom is 0.199 e. The van der Waals surface area contributed by atoms with Gasteiger partial charge in [0.15, 0.2) is 12.1 Å². The second-order valence-corrected chi connectivity index (χ2v) is 13.4. The molecule has 7 atom stereocenters. The van der Waals surface area contributed by atoms with E-state index in [0.717, 1.165) is 70.1 Å². The molecule has 1 unspecified atom stereocenters. The first-order valence-electron chi connectivity index (χ1n) is 15.6. The molecule has 3 saturated carbocycles. The first kappa shape index (κ1) is 38.0. The lowest BCUT2D eigenvalue weighted by Crippen LogP contribution is -2.55. The molecule has 6 nitrogen and oxygen atoms in total. The van der Waals surface area contributed by atoms with Crippen LogP contribution in [-0.4, -0.2) is 53.3 Å². The molecule has 5 fully saturated rings. The molecule has 248 valence electrons. The Bertz CT molecular complexity index is 1230. The zero-order valence-electron chi connectivity index (χ0n) is 26.0. The van der Waals surface area contributed by atoms with Gasteiger partial charge in [0.05, 0.1) is 25.4 Å². The van der Waals surface area contributed by atoms with E-state index in [1.54, 1.807) is 0 Å². The average Bonchev–Trinajstić information content (AvgIpc) is 3.50. The van der Waals surface area contributed by atoms with Crippen molar-refractivity contribution in [2.24, 2.45) is 17.3 Å². The third-order valence-corrected chi connectivity index (χ3v) is 11.4. The Morgan fingerprint density at radius 2 is 1.61 bits per heavy atom. The van der Waals surface area contributed by atoms with E-state index in [4.69, 9.17) is 18.9 Å². The van der Waals surface area contributed by atoms with Gasteiger partial charge in [-0.1, -0.05) is 30.6 Å². The van der Waals surface area contributed by atoms with E-state index in [2.05, 4.69) is 43.0 Å². The second kappa shape index (κ2) is 14.3. The maximum atomic E-state index is 12.2. The molecule has 2 saturated heterocycles. The van der Waals surface area contributed by atoms with Crippen LogP contribution in [0.15, 0.2) is 35.4 Å². The van der Waals surface area contributed by atoms with Crippen LogP contribution >= 0.6 is 54.0 Å². The van der Waals surface area contributed by atoms with Crippen LogP contribution in [0.1, 0.15) is 96.0 Å². The molecule has 1 aromatic rings. The lowest BCUT2D eigenvalue weighted by Gasteiger charge is -2.57. The molecular weight excluding hydrogens is 633 g/mol. The van der Waals surface area contributed by atoms with Gasteiger partial charge in [-0.3, -0.25) is 0 Å². The molecule has 10 heteroatoms. The van der Waals surface area contributed by atoms with Crippen LogP contribution in [0.25, 0.3) is 0 Å². The van der Waals surface area contributed by atoms with E-state index in [1.807, 2.05) is 6.92 Å². The number of ether oxygens (including phenoxy) is 4. The van der Waals surface area contributed by atoms with Crippen LogP contribution in [0.2, 0.25) is 0 Å². The van der Waals surface area contributed by atoms with Gasteiger partial charge in [-0.05, 0) is 93.4 Å². The fourth-order valence-electron chi connectivity index (χ4n) is 9.46. The monoisotopic (exact) mass is 684 g/mol. The summed E-state index contributed by atoms with van der Waals surface area (Å²) in [5.41, 5.74) is 1.65. The van der Waals surface area contributed by atoms with Crippen molar-refractivity contribution in [2.75, 3.05) is 19.8 Å². The normalized spacial score (nSPS) is 38.2. The molecule has 1 spiro atoms. The highest BCUT2D eigenvalue weighted by Crippen LogP contribution is 2.67. The minimum atomic E-state index is -0.988. The molecule has 0 bridgehead atoms. The average molecular weight is 685 g/mol. The van der Waals surface area contributed by atoms with Crippen LogP contribution < -0.4 is 4.74 Å². The zero-order chi connectivity index (χ0) is 27.6. The van der Waals surface area contributed by atoms with Crippen molar-refractivity contribution < 1.29 is 29.2 Å². The summed E-state index contributed by atoms with van der Waals surface area (Å²) in [6, 6.07) is 8.52. The van der Waals surface area contributed by atoms with Crippen LogP contribution in [0.5, 0.6) is 5.75 Å². The van der Waals surface area contributed by atoms with Crippen LogP contribution in [0.4, 0.5) is 0 Å². The summed E-state index contributed by atoms with van der Waals surface area (Å²) in [5.74, 6) is 7.28. The van der Waals surface area contributed by atoms with E-state index in [-0.39, 0.29) is 71.6 Å². The highest BCUT2D eigenvalue weighted by atomic mass is 32.1. The van der Waals surface area contributed by atoms with E-state index in [9.17, 15) is 10.2 Å². The SMILES string of the molecule is CC#C[C@]1(O)CC[C@H]2[C@@H]3CC[C@@]4(O)CC5(CCC4=C3[C@@H](c3ccc(OC4CCCCO4)cc3)C[C@@]21C)OCCO5.S.S.S.S. The summed E-state index contributed by atoms with van der Waals surface area (Å²) in [7, 11) is 0. The summed E-state index contributed by atoms with van der Waals surface area (Å²) < 4.78 is 24.1. The molecule has 2 N–H and O–H groups in total. The summed E-state index contributed by atoms with van der Waals surface area (Å²) in [4.78, 5) is 0. The first-order chi connectivity index (χ1) is 19.3. The van der Waals surface area contributed by atoms with Gasteiger partial charge in [0.1, 0.15) is 11.4 Å². The number of hydrogen-bond donors (Lipinski definition) is 2. The molecule has 2 aliphatic heterocycles. The predicted octanol–water partition coefficient (Wildman–Crippen LogP) is 6.07. The molecular formula is C34H52O6S4. The summed E-state index contributed by atoms with van der Waals surface area (Å²) >= 11 is 0. The van der Waals surface area contributed by atoms with E-state index >= 15 is 0 Å². The van der Waals surface area contributed by atoms with Crippen LogP contribution in [-0.2, 0) is 14.2 Å². The number of allylic oxidation sites excluding steroid dienone is 1. The van der Waals surface area contributed by atoms with Crippen molar-refractivity contribution in [3.8, 4) is 17.6 Å². The van der Waals surface area contributed by atoms with Crippen molar-refractivity contribution in [1.82, 2.24) is 0 Å². The number of hydrogen-bond acceptors (Lipinski definition) is 6. The third-order valence-electron chi connectivity index (χ3n) is 11.4. The third kappa shape index (κ3) is 6.24. The van der Waals surface area contributed by atoms with Gasteiger partial charge in [-0.15, -0.1) is 5.92 Å². The Morgan fingerprint density at radius 1 is 0.886 bits per heavy atom. The Balaban J connectivity index is 0.00000132. The standard InChI is InChI=1S/C34H44O6.4H2S/c1-3-14-33(36)16-12-27-25-11-15-32(35)22-34(38-19-20-39-34)17-13-28(32)30(25)26(21-31(27,33)2)23-7-9-24(10-8-23)40-29-6-4-5-18-37-29;;;;/h7-10,25-27,29,35-36H,4-6,11-13,15-22H2,1-2H3;4*1H2/t25-,26+,27-,29?,31-,32+,33-;;;;/m0..../s1. The summed E-state index contributed by atoms with van der Waals surface area (Å²) in [6.07, 6.45) is 9.21. The van der Waals surface area contributed by atoms with Crippen molar-refractivity contribution in [1.29, 1.82) is 0 Å². The molecule has 0 amide bonds. The fraction of sp³-hybridized carbons (Fsp3) is 0.706. The molecule has 1 aromatic carbocycles. The van der Waals surface area contributed by atoms with Gasteiger partial charge in [0, 0.05) is 30.6 Å². The minimum Gasteiger partial charge on any atom is -0.465 e. The van der Waals surface area contributed by atoms with Crippen molar-refractivity contribution in [2.45, 2.75) is 114 Å². The lowest BCUT2D eigenvalue weighted by atomic mass is 9.49. The van der Waals surface area contributed by atoms with Crippen molar-refractivity contribution in [3.63, 3.8) is 0 Å².